The summed E-state index contributed by atoms with van der Waals surface area (Å²) in [7, 11) is 0. The lowest BCUT2D eigenvalue weighted by atomic mass is 9.33. The van der Waals surface area contributed by atoms with Crippen LogP contribution < -0.4 is 26.2 Å². The number of fused-ring (bicyclic) bond motifs is 3. The Hall–Kier alpha value is -6.06. The van der Waals surface area contributed by atoms with Gasteiger partial charge in [0.2, 0.25) is 6.71 Å². The lowest BCUT2D eigenvalue weighted by Gasteiger charge is -2.38. The van der Waals surface area contributed by atoms with Gasteiger partial charge in [-0.1, -0.05) is 139 Å². The van der Waals surface area contributed by atoms with Gasteiger partial charge in [-0.2, -0.15) is 0 Å². The molecule has 0 unspecified atom stereocenters. The molecule has 0 fully saturated rings. The van der Waals surface area contributed by atoms with Gasteiger partial charge in [-0.15, -0.1) is 0 Å². The molecular formula is C46H35BN2. The van der Waals surface area contributed by atoms with Gasteiger partial charge in [0.05, 0.1) is 0 Å². The predicted molar refractivity (Wildman–Crippen MR) is 210 cm³/mol. The van der Waals surface area contributed by atoms with Crippen LogP contribution in [0, 0.1) is 0 Å². The van der Waals surface area contributed by atoms with E-state index in [0.29, 0.717) is 0 Å². The molecule has 0 saturated heterocycles. The monoisotopic (exact) mass is 626 g/mol. The standard InChI is InChI=1S/C46H35BN2/c1-4-16-34(17-5-1)41-33-28-35-18-10-11-23-40(35)46(41)47-42-24-12-14-26-44(42)49(45-27-15-13-25-43(45)47)39-31-29-38(30-32-39)48(36-19-6-2-7-20-36)37-21-8-3-9-22-37/h1-2,4-8,10-33H,3,9H2. The van der Waals surface area contributed by atoms with Crippen LogP contribution in [0.1, 0.15) is 12.8 Å². The fourth-order valence-electron chi connectivity index (χ4n) is 7.77. The van der Waals surface area contributed by atoms with Gasteiger partial charge in [0.15, 0.2) is 0 Å². The molecule has 232 valence electrons. The lowest BCUT2D eigenvalue weighted by Crippen LogP contribution is -2.58. The number of benzene rings is 7. The first-order chi connectivity index (χ1) is 24.3. The molecular weight excluding hydrogens is 591 g/mol. The van der Waals surface area contributed by atoms with Crippen LogP contribution in [0.4, 0.5) is 28.4 Å². The van der Waals surface area contributed by atoms with Gasteiger partial charge >= 0.3 is 0 Å². The molecule has 0 saturated carbocycles. The molecule has 1 aliphatic heterocycles. The summed E-state index contributed by atoms with van der Waals surface area (Å²) in [5.74, 6) is 0. The fraction of sp³-hybridized carbons (Fsp3) is 0.0435. The van der Waals surface area contributed by atoms with Gasteiger partial charge in [-0.05, 0) is 100 Å². The second kappa shape index (κ2) is 12.5. The van der Waals surface area contributed by atoms with E-state index in [2.05, 4.69) is 198 Å². The van der Waals surface area contributed by atoms with Crippen LogP contribution in [0.2, 0.25) is 0 Å². The molecule has 2 nitrogen and oxygen atoms in total. The van der Waals surface area contributed by atoms with Gasteiger partial charge in [0.1, 0.15) is 0 Å². The molecule has 1 heterocycles. The number of anilines is 5. The number of allylic oxidation sites excluding steroid dienone is 3. The topological polar surface area (TPSA) is 6.48 Å². The van der Waals surface area contributed by atoms with Crippen LogP contribution in [0.5, 0.6) is 0 Å². The normalized spacial score (nSPS) is 13.5. The van der Waals surface area contributed by atoms with Crippen LogP contribution in [0.25, 0.3) is 21.9 Å². The molecule has 0 spiro atoms. The minimum absolute atomic E-state index is 0.0582. The van der Waals surface area contributed by atoms with Crippen LogP contribution >= 0.6 is 0 Å². The Labute approximate surface area is 289 Å². The largest absolute Gasteiger partial charge is 0.312 e. The zero-order valence-corrected chi connectivity index (χ0v) is 27.3. The first-order valence-corrected chi connectivity index (χ1v) is 17.2. The van der Waals surface area contributed by atoms with E-state index < -0.39 is 0 Å². The van der Waals surface area contributed by atoms with E-state index in [1.54, 1.807) is 0 Å². The number of nitrogens with zero attached hydrogens (tertiary/aromatic N) is 2. The molecule has 1 aliphatic carbocycles. The maximum absolute atomic E-state index is 2.45. The summed E-state index contributed by atoms with van der Waals surface area (Å²) in [5, 5.41) is 2.55. The van der Waals surface area contributed by atoms with Crippen LogP contribution in [0.15, 0.2) is 194 Å². The predicted octanol–water partition coefficient (Wildman–Crippen LogP) is 10.2. The Balaban J connectivity index is 1.21. The van der Waals surface area contributed by atoms with E-state index in [9.17, 15) is 0 Å². The van der Waals surface area contributed by atoms with Gasteiger partial charge in [0, 0.05) is 34.1 Å². The minimum Gasteiger partial charge on any atom is -0.312 e. The minimum atomic E-state index is 0.0582. The molecule has 7 aromatic rings. The van der Waals surface area contributed by atoms with E-state index in [4.69, 9.17) is 0 Å². The summed E-state index contributed by atoms with van der Waals surface area (Å²) in [5.41, 5.74) is 13.6. The summed E-state index contributed by atoms with van der Waals surface area (Å²) in [6.07, 6.45) is 9.01. The summed E-state index contributed by atoms with van der Waals surface area (Å²) in [4.78, 5) is 4.81. The first-order valence-electron chi connectivity index (χ1n) is 17.2. The highest BCUT2D eigenvalue weighted by Crippen LogP contribution is 2.39. The molecule has 0 amide bonds. The second-order valence-corrected chi connectivity index (χ2v) is 12.8. The van der Waals surface area contributed by atoms with Crippen LogP contribution in [-0.4, -0.2) is 6.71 Å². The van der Waals surface area contributed by atoms with Gasteiger partial charge in [-0.3, -0.25) is 0 Å². The molecule has 0 bridgehead atoms. The van der Waals surface area contributed by atoms with Crippen molar-refractivity contribution < 1.29 is 0 Å². The molecule has 0 aromatic heterocycles. The molecule has 0 radical (unpaired) electrons. The summed E-state index contributed by atoms with van der Waals surface area (Å²) >= 11 is 0. The van der Waals surface area contributed by atoms with Crippen molar-refractivity contribution in [1.29, 1.82) is 0 Å². The van der Waals surface area contributed by atoms with E-state index in [1.165, 1.54) is 55.4 Å². The smallest absolute Gasteiger partial charge is 0.248 e. The quantitative estimate of drug-likeness (QED) is 0.170. The second-order valence-electron chi connectivity index (χ2n) is 12.8. The Kier molecular flexibility index (Phi) is 7.44. The van der Waals surface area contributed by atoms with Crippen molar-refractivity contribution in [3.8, 4) is 11.1 Å². The van der Waals surface area contributed by atoms with Gasteiger partial charge in [-0.25, -0.2) is 0 Å². The van der Waals surface area contributed by atoms with Crippen LogP contribution in [-0.2, 0) is 0 Å². The van der Waals surface area contributed by atoms with E-state index in [1.807, 2.05) is 0 Å². The van der Waals surface area contributed by atoms with E-state index in [0.717, 1.165) is 29.9 Å². The zero-order valence-electron chi connectivity index (χ0n) is 27.3. The highest BCUT2D eigenvalue weighted by molar-refractivity contribution is 7.00. The third-order valence-corrected chi connectivity index (χ3v) is 9.94. The zero-order chi connectivity index (χ0) is 32.6. The number of rotatable bonds is 6. The highest BCUT2D eigenvalue weighted by atomic mass is 15.2. The molecule has 0 N–H and O–H groups in total. The Morgan fingerprint density at radius 2 is 1.12 bits per heavy atom. The summed E-state index contributed by atoms with van der Waals surface area (Å²) in [6, 6.07) is 62.0. The molecule has 3 heteroatoms. The average Bonchev–Trinajstić information content (AvgIpc) is 3.18. The van der Waals surface area contributed by atoms with Gasteiger partial charge < -0.3 is 9.80 Å². The van der Waals surface area contributed by atoms with Crippen molar-refractivity contribution in [2.75, 3.05) is 9.80 Å². The molecule has 7 aromatic carbocycles. The summed E-state index contributed by atoms with van der Waals surface area (Å²) in [6.45, 7) is 0.0582. The summed E-state index contributed by atoms with van der Waals surface area (Å²) < 4.78 is 0. The van der Waals surface area contributed by atoms with Crippen molar-refractivity contribution in [2.24, 2.45) is 0 Å². The Morgan fingerprint density at radius 3 is 1.82 bits per heavy atom. The maximum atomic E-state index is 2.45. The molecule has 49 heavy (non-hydrogen) atoms. The Bertz CT molecular complexity index is 2290. The highest BCUT2D eigenvalue weighted by Gasteiger charge is 2.37. The van der Waals surface area contributed by atoms with Crippen molar-refractivity contribution in [3.05, 3.63) is 194 Å². The van der Waals surface area contributed by atoms with E-state index >= 15 is 0 Å². The van der Waals surface area contributed by atoms with Crippen molar-refractivity contribution in [2.45, 2.75) is 12.8 Å². The average molecular weight is 627 g/mol. The van der Waals surface area contributed by atoms with E-state index in [-0.39, 0.29) is 6.71 Å². The van der Waals surface area contributed by atoms with Crippen molar-refractivity contribution >= 4 is 62.3 Å². The first kappa shape index (κ1) is 29.1. The number of hydrogen-bond acceptors (Lipinski definition) is 2. The molecule has 9 rings (SSSR count). The van der Waals surface area contributed by atoms with Gasteiger partial charge in [0.25, 0.3) is 0 Å². The maximum Gasteiger partial charge on any atom is 0.248 e. The number of hydrogen-bond donors (Lipinski definition) is 0. The third kappa shape index (κ3) is 5.15. The van der Waals surface area contributed by atoms with Crippen molar-refractivity contribution in [1.82, 2.24) is 0 Å². The molecule has 0 atom stereocenters. The SMILES string of the molecule is C1=CC(N(c2ccccc2)c2ccc(N3c4ccccc4B(c4c(-c5ccccc5)ccc5ccccc45)c4ccccc43)cc2)=CCC1. The Morgan fingerprint density at radius 1 is 0.510 bits per heavy atom. The lowest BCUT2D eigenvalue weighted by molar-refractivity contribution is 0.997. The third-order valence-electron chi connectivity index (χ3n) is 9.94. The number of para-hydroxylation sites is 3. The fourth-order valence-corrected chi connectivity index (χ4v) is 7.77. The van der Waals surface area contributed by atoms with Crippen molar-refractivity contribution in [3.63, 3.8) is 0 Å². The molecule has 2 aliphatic rings. The van der Waals surface area contributed by atoms with Crippen LogP contribution in [0.3, 0.4) is 0 Å².